The number of nitrogens with one attached hydrogen (secondary N) is 1. The van der Waals surface area contributed by atoms with Crippen molar-refractivity contribution in [3.05, 3.63) is 18.1 Å². The fourth-order valence-electron chi connectivity index (χ4n) is 2.02. The lowest BCUT2D eigenvalue weighted by atomic mass is 10.2. The lowest BCUT2D eigenvalue weighted by Gasteiger charge is -2.15. The fraction of sp³-hybridized carbons (Fsp3) is 0.583. The first-order valence-corrected chi connectivity index (χ1v) is 6.06. The number of amides is 1. The molecular formula is C12H18N4O. The van der Waals surface area contributed by atoms with Crippen molar-refractivity contribution < 1.29 is 4.79 Å². The molecule has 1 aromatic heterocycles. The minimum Gasteiger partial charge on any atom is -0.369 e. The molecule has 92 valence electrons. The first-order chi connectivity index (χ1) is 8.20. The Labute approximate surface area is 101 Å². The zero-order valence-electron chi connectivity index (χ0n) is 10.3. The van der Waals surface area contributed by atoms with E-state index in [1.165, 1.54) is 6.20 Å². The molecule has 0 aromatic carbocycles. The summed E-state index contributed by atoms with van der Waals surface area (Å²) in [6.07, 6.45) is 4.24. The Morgan fingerprint density at radius 1 is 1.59 bits per heavy atom. The number of anilines is 1. The third-order valence-electron chi connectivity index (χ3n) is 2.92. The van der Waals surface area contributed by atoms with Gasteiger partial charge in [-0.2, -0.15) is 0 Å². The van der Waals surface area contributed by atoms with Gasteiger partial charge in [0.05, 0.1) is 12.4 Å². The van der Waals surface area contributed by atoms with E-state index >= 15 is 0 Å². The average molecular weight is 234 g/mol. The van der Waals surface area contributed by atoms with Crippen molar-refractivity contribution in [1.82, 2.24) is 14.9 Å². The molecule has 0 bridgehead atoms. The molecular weight excluding hydrogens is 216 g/mol. The van der Waals surface area contributed by atoms with Gasteiger partial charge in [0.15, 0.2) is 0 Å². The summed E-state index contributed by atoms with van der Waals surface area (Å²) in [5.41, 5.74) is 0.428. The molecule has 2 heterocycles. The molecule has 1 aliphatic rings. The largest absolute Gasteiger partial charge is 0.369 e. The molecule has 1 aliphatic heterocycles. The highest BCUT2D eigenvalue weighted by atomic mass is 16.2. The van der Waals surface area contributed by atoms with Gasteiger partial charge < -0.3 is 10.2 Å². The van der Waals surface area contributed by atoms with Crippen LogP contribution in [-0.2, 0) is 0 Å². The van der Waals surface area contributed by atoms with Crippen molar-refractivity contribution in [3.8, 4) is 0 Å². The van der Waals surface area contributed by atoms with Crippen LogP contribution in [0, 0.1) is 5.92 Å². The Bertz CT molecular complexity index is 407. The standard InChI is InChI=1S/C12H18N4O/c1-3-14-11-7-13-6-10(15-11)12(17)16-5-4-9(2)8-16/h6-7,9H,3-5,8H2,1-2H3,(H,14,15). The lowest BCUT2D eigenvalue weighted by Crippen LogP contribution is -2.29. The summed E-state index contributed by atoms with van der Waals surface area (Å²) >= 11 is 0. The van der Waals surface area contributed by atoms with Crippen LogP contribution in [0.25, 0.3) is 0 Å². The second-order valence-corrected chi connectivity index (χ2v) is 4.46. The Morgan fingerprint density at radius 3 is 3.06 bits per heavy atom. The van der Waals surface area contributed by atoms with Crippen molar-refractivity contribution >= 4 is 11.7 Å². The normalized spacial score (nSPS) is 19.4. The molecule has 2 rings (SSSR count). The lowest BCUT2D eigenvalue weighted by molar-refractivity contribution is 0.0782. The number of carbonyl (C=O) groups excluding carboxylic acids is 1. The SMILES string of the molecule is CCNc1cncc(C(=O)N2CCC(C)C2)n1. The van der Waals surface area contributed by atoms with Crippen LogP contribution in [0.5, 0.6) is 0 Å². The van der Waals surface area contributed by atoms with Crippen molar-refractivity contribution in [1.29, 1.82) is 0 Å². The van der Waals surface area contributed by atoms with Crippen molar-refractivity contribution in [2.24, 2.45) is 5.92 Å². The summed E-state index contributed by atoms with van der Waals surface area (Å²) in [7, 11) is 0. The summed E-state index contributed by atoms with van der Waals surface area (Å²) in [5, 5.41) is 3.06. The van der Waals surface area contributed by atoms with Gasteiger partial charge >= 0.3 is 0 Å². The molecule has 1 unspecified atom stereocenters. The summed E-state index contributed by atoms with van der Waals surface area (Å²) in [6, 6.07) is 0. The summed E-state index contributed by atoms with van der Waals surface area (Å²) < 4.78 is 0. The molecule has 17 heavy (non-hydrogen) atoms. The third kappa shape index (κ3) is 2.72. The molecule has 5 heteroatoms. The second kappa shape index (κ2) is 5.12. The minimum absolute atomic E-state index is 0.0124. The molecule has 1 N–H and O–H groups in total. The maximum atomic E-state index is 12.1. The quantitative estimate of drug-likeness (QED) is 0.858. The predicted molar refractivity (Wildman–Crippen MR) is 65.9 cm³/mol. The smallest absolute Gasteiger partial charge is 0.274 e. The van der Waals surface area contributed by atoms with E-state index in [9.17, 15) is 4.79 Å². The van der Waals surface area contributed by atoms with Gasteiger partial charge in [-0.25, -0.2) is 4.98 Å². The van der Waals surface area contributed by atoms with Gasteiger partial charge in [-0.1, -0.05) is 6.92 Å². The van der Waals surface area contributed by atoms with Gasteiger partial charge in [0.25, 0.3) is 5.91 Å². The molecule has 1 saturated heterocycles. The van der Waals surface area contributed by atoms with Gasteiger partial charge in [-0.05, 0) is 19.3 Å². The van der Waals surface area contributed by atoms with Crippen LogP contribution >= 0.6 is 0 Å². The van der Waals surface area contributed by atoms with Crippen molar-refractivity contribution in [2.45, 2.75) is 20.3 Å². The van der Waals surface area contributed by atoms with Crippen molar-refractivity contribution in [2.75, 3.05) is 25.0 Å². The van der Waals surface area contributed by atoms with Crippen LogP contribution in [0.15, 0.2) is 12.4 Å². The molecule has 0 aliphatic carbocycles. The molecule has 1 amide bonds. The highest BCUT2D eigenvalue weighted by Gasteiger charge is 2.25. The van der Waals surface area contributed by atoms with E-state index in [4.69, 9.17) is 0 Å². The maximum absolute atomic E-state index is 12.1. The Hall–Kier alpha value is -1.65. The zero-order valence-corrected chi connectivity index (χ0v) is 10.3. The van der Waals surface area contributed by atoms with E-state index in [1.54, 1.807) is 6.20 Å². The average Bonchev–Trinajstić information content (AvgIpc) is 2.76. The Balaban J connectivity index is 2.10. The van der Waals surface area contributed by atoms with Gasteiger partial charge in [0.1, 0.15) is 11.5 Å². The number of hydrogen-bond donors (Lipinski definition) is 1. The molecule has 0 radical (unpaired) electrons. The summed E-state index contributed by atoms with van der Waals surface area (Å²) in [5.74, 6) is 1.23. The van der Waals surface area contributed by atoms with E-state index in [-0.39, 0.29) is 5.91 Å². The van der Waals surface area contributed by atoms with E-state index in [2.05, 4.69) is 22.2 Å². The number of aromatic nitrogens is 2. The highest BCUT2D eigenvalue weighted by Crippen LogP contribution is 2.17. The van der Waals surface area contributed by atoms with Gasteiger partial charge in [-0.3, -0.25) is 9.78 Å². The maximum Gasteiger partial charge on any atom is 0.274 e. The van der Waals surface area contributed by atoms with Gasteiger partial charge in [0.2, 0.25) is 0 Å². The van der Waals surface area contributed by atoms with Crippen LogP contribution in [0.3, 0.4) is 0 Å². The first kappa shape index (κ1) is 11.8. The van der Waals surface area contributed by atoms with Crippen LogP contribution in [0.1, 0.15) is 30.8 Å². The van der Waals surface area contributed by atoms with Crippen molar-refractivity contribution in [3.63, 3.8) is 0 Å². The zero-order chi connectivity index (χ0) is 12.3. The van der Waals surface area contributed by atoms with Gasteiger partial charge in [-0.15, -0.1) is 0 Å². The number of hydrogen-bond acceptors (Lipinski definition) is 4. The first-order valence-electron chi connectivity index (χ1n) is 6.06. The summed E-state index contributed by atoms with van der Waals surface area (Å²) in [4.78, 5) is 22.3. The monoisotopic (exact) mass is 234 g/mol. The van der Waals surface area contributed by atoms with E-state index in [0.29, 0.717) is 17.4 Å². The van der Waals surface area contributed by atoms with E-state index < -0.39 is 0 Å². The Morgan fingerprint density at radius 2 is 2.41 bits per heavy atom. The molecule has 1 fully saturated rings. The molecule has 1 atom stereocenters. The van der Waals surface area contributed by atoms with Crippen LogP contribution in [-0.4, -0.2) is 40.4 Å². The van der Waals surface area contributed by atoms with Crippen LogP contribution < -0.4 is 5.32 Å². The van der Waals surface area contributed by atoms with E-state index in [1.807, 2.05) is 11.8 Å². The van der Waals surface area contributed by atoms with Crippen LogP contribution in [0.4, 0.5) is 5.82 Å². The van der Waals surface area contributed by atoms with Crippen LogP contribution in [0.2, 0.25) is 0 Å². The third-order valence-corrected chi connectivity index (χ3v) is 2.92. The fourth-order valence-corrected chi connectivity index (χ4v) is 2.02. The number of carbonyl (C=O) groups is 1. The molecule has 0 spiro atoms. The predicted octanol–water partition coefficient (Wildman–Crippen LogP) is 1.39. The summed E-state index contributed by atoms with van der Waals surface area (Å²) in [6.45, 7) is 6.57. The number of nitrogens with zero attached hydrogens (tertiary/aromatic N) is 3. The molecule has 0 saturated carbocycles. The Kier molecular flexibility index (Phi) is 3.56. The second-order valence-electron chi connectivity index (χ2n) is 4.46. The highest BCUT2D eigenvalue weighted by molar-refractivity contribution is 5.92. The van der Waals surface area contributed by atoms with Gasteiger partial charge in [0, 0.05) is 19.6 Å². The number of likely N-dealkylation sites (tertiary alicyclic amines) is 1. The van der Waals surface area contributed by atoms with E-state index in [0.717, 1.165) is 26.1 Å². The number of rotatable bonds is 3. The molecule has 1 aromatic rings. The topological polar surface area (TPSA) is 58.1 Å². The minimum atomic E-state index is -0.0124. The molecule has 5 nitrogen and oxygen atoms in total.